The second kappa shape index (κ2) is 10.6. The van der Waals surface area contributed by atoms with Gasteiger partial charge in [-0.2, -0.15) is 0 Å². The number of carbonyl (C=O) groups is 2. The number of carbonyl (C=O) groups excluding carboxylic acids is 2. The van der Waals surface area contributed by atoms with Crippen molar-refractivity contribution in [3.05, 3.63) is 65.7 Å². The molecule has 5 heteroatoms. The molecule has 1 atom stereocenters. The maximum atomic E-state index is 12.9. The van der Waals surface area contributed by atoms with Crippen molar-refractivity contribution in [2.75, 3.05) is 20.3 Å². The molecule has 158 valence electrons. The van der Waals surface area contributed by atoms with Crippen LogP contribution in [0.2, 0.25) is 0 Å². The lowest BCUT2D eigenvalue weighted by atomic mass is 10.00. The van der Waals surface area contributed by atoms with Gasteiger partial charge in [0.1, 0.15) is 5.75 Å². The average Bonchev–Trinajstić information content (AvgIpc) is 2.81. The van der Waals surface area contributed by atoms with E-state index in [1.54, 1.807) is 13.2 Å². The molecule has 0 N–H and O–H groups in total. The van der Waals surface area contributed by atoms with E-state index in [4.69, 9.17) is 9.47 Å². The average molecular weight is 408 g/mol. The summed E-state index contributed by atoms with van der Waals surface area (Å²) in [6.07, 6.45) is 5.84. The molecule has 1 aliphatic heterocycles. The quantitative estimate of drug-likeness (QED) is 0.383. The summed E-state index contributed by atoms with van der Waals surface area (Å²) in [6, 6.07) is 17.0. The molecule has 1 fully saturated rings. The monoisotopic (exact) mass is 407 g/mol. The van der Waals surface area contributed by atoms with Crippen molar-refractivity contribution >= 4 is 23.5 Å². The number of hydrogen-bond donors (Lipinski definition) is 0. The zero-order chi connectivity index (χ0) is 21.3. The lowest BCUT2D eigenvalue weighted by molar-refractivity contribution is -0.149. The van der Waals surface area contributed by atoms with Crippen molar-refractivity contribution in [3.63, 3.8) is 0 Å². The Balaban J connectivity index is 1.77. The third-order valence-corrected chi connectivity index (χ3v) is 5.45. The summed E-state index contributed by atoms with van der Waals surface area (Å²) >= 11 is 0. The molecular weight excluding hydrogens is 378 g/mol. The second-order valence-electron chi connectivity index (χ2n) is 7.42. The van der Waals surface area contributed by atoms with Gasteiger partial charge >= 0.3 is 5.97 Å². The molecule has 0 saturated carbocycles. The molecule has 5 nitrogen and oxygen atoms in total. The minimum atomic E-state index is -0.512. The zero-order valence-electron chi connectivity index (χ0n) is 17.7. The van der Waals surface area contributed by atoms with E-state index in [0.29, 0.717) is 11.3 Å². The Kier molecular flexibility index (Phi) is 7.66. The highest BCUT2D eigenvalue weighted by Gasteiger charge is 2.26. The number of hydrogen-bond acceptors (Lipinski definition) is 4. The summed E-state index contributed by atoms with van der Waals surface area (Å²) in [5.74, 6) is 0.0709. The Hall–Kier alpha value is -3.08. The summed E-state index contributed by atoms with van der Waals surface area (Å²) in [4.78, 5) is 27.5. The number of rotatable bonds is 7. The molecule has 0 bridgehead atoms. The van der Waals surface area contributed by atoms with Gasteiger partial charge in [-0.15, -0.1) is 0 Å². The zero-order valence-corrected chi connectivity index (χ0v) is 17.7. The van der Waals surface area contributed by atoms with Crippen molar-refractivity contribution < 1.29 is 19.1 Å². The van der Waals surface area contributed by atoms with Crippen molar-refractivity contribution in [3.8, 4) is 5.75 Å². The van der Waals surface area contributed by atoms with Crippen molar-refractivity contribution in [2.45, 2.75) is 38.6 Å². The number of ether oxygens (including phenoxy) is 2. The first-order valence-corrected chi connectivity index (χ1v) is 10.5. The van der Waals surface area contributed by atoms with Gasteiger partial charge < -0.3 is 14.4 Å². The van der Waals surface area contributed by atoms with Crippen LogP contribution in [0.15, 0.2) is 54.6 Å². The number of amides is 1. The number of likely N-dealkylation sites (tertiary alicyclic amines) is 1. The molecule has 3 rings (SSSR count). The topological polar surface area (TPSA) is 55.8 Å². The van der Waals surface area contributed by atoms with Gasteiger partial charge in [-0.05, 0) is 55.0 Å². The van der Waals surface area contributed by atoms with E-state index >= 15 is 0 Å². The molecule has 30 heavy (non-hydrogen) atoms. The number of methoxy groups -OCH3 is 1. The first kappa shape index (κ1) is 21.6. The standard InChI is InChI=1S/C25H29NO4/c1-3-21-13-7-8-15-26(21)24(27)18-30-25(28)23(20-11-5-4-6-12-20)17-19-10-9-14-22(16-19)29-2/h4-6,9-12,14,16-17,21H,3,7-8,13,15,18H2,1-2H3/b23-17+. The predicted molar refractivity (Wildman–Crippen MR) is 118 cm³/mol. The molecule has 1 unspecified atom stereocenters. The largest absolute Gasteiger partial charge is 0.497 e. The van der Waals surface area contributed by atoms with Gasteiger partial charge in [-0.25, -0.2) is 4.79 Å². The Labute approximate surface area is 178 Å². The summed E-state index contributed by atoms with van der Waals surface area (Å²) in [7, 11) is 1.60. The van der Waals surface area contributed by atoms with E-state index in [1.165, 1.54) is 0 Å². The molecule has 2 aromatic carbocycles. The highest BCUT2D eigenvalue weighted by atomic mass is 16.5. The molecule has 0 aliphatic carbocycles. The van der Waals surface area contributed by atoms with Gasteiger partial charge in [0.05, 0.1) is 12.7 Å². The van der Waals surface area contributed by atoms with E-state index in [-0.39, 0.29) is 18.6 Å². The van der Waals surface area contributed by atoms with Crippen LogP contribution in [-0.2, 0) is 14.3 Å². The lowest BCUT2D eigenvalue weighted by Crippen LogP contribution is -2.45. The Morgan fingerprint density at radius 3 is 2.63 bits per heavy atom. The molecule has 0 radical (unpaired) electrons. The lowest BCUT2D eigenvalue weighted by Gasteiger charge is -2.35. The third-order valence-electron chi connectivity index (χ3n) is 5.45. The first-order chi connectivity index (χ1) is 14.6. The summed E-state index contributed by atoms with van der Waals surface area (Å²) in [5.41, 5.74) is 1.96. The molecule has 1 heterocycles. The Morgan fingerprint density at radius 2 is 1.90 bits per heavy atom. The number of esters is 1. The summed E-state index contributed by atoms with van der Waals surface area (Å²) in [6.45, 7) is 2.59. The van der Waals surface area contributed by atoms with E-state index in [2.05, 4.69) is 6.92 Å². The van der Waals surface area contributed by atoms with Crippen LogP contribution >= 0.6 is 0 Å². The van der Waals surface area contributed by atoms with Crippen LogP contribution in [0, 0.1) is 0 Å². The fourth-order valence-corrected chi connectivity index (χ4v) is 3.82. The Bertz CT molecular complexity index is 891. The maximum Gasteiger partial charge on any atom is 0.339 e. The van der Waals surface area contributed by atoms with Crippen molar-refractivity contribution in [1.82, 2.24) is 4.90 Å². The van der Waals surface area contributed by atoms with Gasteiger partial charge in [0.2, 0.25) is 0 Å². The minimum Gasteiger partial charge on any atom is -0.497 e. The molecule has 1 aliphatic rings. The van der Waals surface area contributed by atoms with Gasteiger partial charge in [-0.1, -0.05) is 49.4 Å². The fourth-order valence-electron chi connectivity index (χ4n) is 3.82. The van der Waals surface area contributed by atoms with Crippen LogP contribution in [-0.4, -0.2) is 43.1 Å². The molecule has 2 aromatic rings. The SMILES string of the molecule is CCC1CCCCN1C(=O)COC(=O)/C(=C/c1cccc(OC)c1)c1ccccc1. The smallest absolute Gasteiger partial charge is 0.339 e. The summed E-state index contributed by atoms with van der Waals surface area (Å²) in [5, 5.41) is 0. The van der Waals surface area contributed by atoms with Crippen LogP contribution in [0.1, 0.15) is 43.7 Å². The highest BCUT2D eigenvalue weighted by molar-refractivity contribution is 6.21. The number of nitrogens with zero attached hydrogens (tertiary/aromatic N) is 1. The van der Waals surface area contributed by atoms with E-state index < -0.39 is 5.97 Å². The van der Waals surface area contributed by atoms with E-state index in [1.807, 2.05) is 59.5 Å². The molecule has 0 aromatic heterocycles. The van der Waals surface area contributed by atoms with Gasteiger partial charge in [-0.3, -0.25) is 4.79 Å². The van der Waals surface area contributed by atoms with Crippen LogP contribution < -0.4 is 4.74 Å². The second-order valence-corrected chi connectivity index (χ2v) is 7.42. The van der Waals surface area contributed by atoms with Gasteiger partial charge in [0, 0.05) is 12.6 Å². The number of piperidine rings is 1. The highest BCUT2D eigenvalue weighted by Crippen LogP contribution is 2.23. The van der Waals surface area contributed by atoms with Gasteiger partial charge in [0.25, 0.3) is 5.91 Å². The number of benzene rings is 2. The normalized spacial score (nSPS) is 16.8. The van der Waals surface area contributed by atoms with Crippen LogP contribution in [0.4, 0.5) is 0 Å². The maximum absolute atomic E-state index is 12.9. The van der Waals surface area contributed by atoms with E-state index in [9.17, 15) is 9.59 Å². The third kappa shape index (κ3) is 5.50. The molecule has 1 saturated heterocycles. The van der Waals surface area contributed by atoms with E-state index in [0.717, 1.165) is 43.4 Å². The first-order valence-electron chi connectivity index (χ1n) is 10.5. The van der Waals surface area contributed by atoms with Crippen LogP contribution in [0.5, 0.6) is 5.75 Å². The molecule has 1 amide bonds. The minimum absolute atomic E-state index is 0.122. The predicted octanol–water partition coefficient (Wildman–Crippen LogP) is 4.57. The van der Waals surface area contributed by atoms with Crippen molar-refractivity contribution in [2.24, 2.45) is 0 Å². The van der Waals surface area contributed by atoms with Crippen molar-refractivity contribution in [1.29, 1.82) is 0 Å². The molecular formula is C25H29NO4. The van der Waals surface area contributed by atoms with Crippen LogP contribution in [0.25, 0.3) is 11.6 Å². The summed E-state index contributed by atoms with van der Waals surface area (Å²) < 4.78 is 10.7. The molecule has 0 spiro atoms. The van der Waals surface area contributed by atoms with Gasteiger partial charge in [0.15, 0.2) is 6.61 Å². The fraction of sp³-hybridized carbons (Fsp3) is 0.360. The van der Waals surface area contributed by atoms with Crippen LogP contribution in [0.3, 0.4) is 0 Å². The Morgan fingerprint density at radius 1 is 1.10 bits per heavy atom.